The van der Waals surface area contributed by atoms with E-state index in [1.165, 1.54) is 0 Å². The van der Waals surface area contributed by atoms with Crippen LogP contribution in [0, 0.1) is 5.92 Å². The highest BCUT2D eigenvalue weighted by atomic mass is 16.5. The molecule has 3 N–H and O–H groups in total. The van der Waals surface area contributed by atoms with Crippen molar-refractivity contribution in [1.29, 1.82) is 0 Å². The number of hydrogen-bond donors (Lipinski definition) is 2. The molecule has 0 radical (unpaired) electrons. The quantitative estimate of drug-likeness (QED) is 0.761. The summed E-state index contributed by atoms with van der Waals surface area (Å²) in [6.07, 6.45) is 2.59. The Bertz CT molecular complexity index is 473. The number of nitrogens with two attached hydrogens (primary N) is 1. The molecule has 0 saturated heterocycles. The van der Waals surface area contributed by atoms with E-state index in [9.17, 15) is 9.90 Å². The van der Waals surface area contributed by atoms with E-state index in [4.69, 9.17) is 15.2 Å². The molecule has 2 rings (SSSR count). The minimum atomic E-state index is -1.31. The number of aliphatic carboxylic acids is 1. The van der Waals surface area contributed by atoms with Crippen LogP contribution in [0.2, 0.25) is 0 Å². The highest BCUT2D eigenvalue weighted by Gasteiger charge is 2.49. The van der Waals surface area contributed by atoms with Crippen molar-refractivity contribution in [3.63, 3.8) is 0 Å². The topological polar surface area (TPSA) is 81.8 Å². The summed E-state index contributed by atoms with van der Waals surface area (Å²) in [5, 5.41) is 9.30. The van der Waals surface area contributed by atoms with Crippen LogP contribution < -0.4 is 15.2 Å². The molecule has 1 aliphatic rings. The fraction of sp³-hybridized carbons (Fsp3) is 0.533. The Morgan fingerprint density at radius 2 is 1.95 bits per heavy atom. The smallest absolute Gasteiger partial charge is 0.327 e. The maximum atomic E-state index is 11.3. The first-order valence-electron chi connectivity index (χ1n) is 6.95. The lowest BCUT2D eigenvalue weighted by Crippen LogP contribution is -2.54. The maximum Gasteiger partial charge on any atom is 0.327 e. The van der Waals surface area contributed by atoms with Crippen LogP contribution in [0.15, 0.2) is 24.3 Å². The number of carbonyl (C=O) groups is 1. The normalized spacial score (nSPS) is 17.3. The van der Waals surface area contributed by atoms with Crippen molar-refractivity contribution in [3.05, 3.63) is 24.3 Å². The molecule has 5 nitrogen and oxygen atoms in total. The Hall–Kier alpha value is -1.75. The van der Waals surface area contributed by atoms with Crippen molar-refractivity contribution in [2.45, 2.75) is 31.7 Å². The molecular formula is C15H21NO4. The van der Waals surface area contributed by atoms with Gasteiger partial charge in [0.2, 0.25) is 0 Å². The third-order valence-electron chi connectivity index (χ3n) is 3.48. The van der Waals surface area contributed by atoms with Gasteiger partial charge in [-0.15, -0.1) is 0 Å². The van der Waals surface area contributed by atoms with Crippen LogP contribution in [-0.2, 0) is 4.79 Å². The van der Waals surface area contributed by atoms with Crippen molar-refractivity contribution in [3.8, 4) is 11.5 Å². The number of carboxylic acids is 1. The van der Waals surface area contributed by atoms with Crippen LogP contribution in [0.5, 0.6) is 11.5 Å². The molecular weight excluding hydrogens is 258 g/mol. The molecule has 0 heterocycles. The van der Waals surface area contributed by atoms with Crippen molar-refractivity contribution in [2.75, 3.05) is 13.2 Å². The highest BCUT2D eigenvalue weighted by molar-refractivity contribution is 5.79. The second kappa shape index (κ2) is 6.13. The van der Waals surface area contributed by atoms with E-state index in [2.05, 4.69) is 0 Å². The van der Waals surface area contributed by atoms with Gasteiger partial charge in [0.15, 0.2) is 17.0 Å². The second-order valence-corrected chi connectivity index (χ2v) is 5.20. The molecule has 5 heteroatoms. The van der Waals surface area contributed by atoms with E-state index in [0.717, 1.165) is 19.3 Å². The Labute approximate surface area is 118 Å². The lowest BCUT2D eigenvalue weighted by Gasteiger charge is -2.25. The van der Waals surface area contributed by atoms with E-state index < -0.39 is 11.5 Å². The van der Waals surface area contributed by atoms with Crippen molar-refractivity contribution in [1.82, 2.24) is 0 Å². The number of ether oxygens (including phenoxy) is 2. The average Bonchev–Trinajstić information content (AvgIpc) is 3.28. The van der Waals surface area contributed by atoms with Crippen molar-refractivity contribution < 1.29 is 19.4 Å². The van der Waals surface area contributed by atoms with Gasteiger partial charge in [0.05, 0.1) is 6.61 Å². The van der Waals surface area contributed by atoms with Gasteiger partial charge in [-0.1, -0.05) is 19.1 Å². The van der Waals surface area contributed by atoms with Crippen LogP contribution in [0.3, 0.4) is 0 Å². The predicted octanol–water partition coefficient (Wildman–Crippen LogP) is 2.05. The number of hydrogen-bond acceptors (Lipinski definition) is 4. The lowest BCUT2D eigenvalue weighted by molar-refractivity contribution is -0.145. The van der Waals surface area contributed by atoms with Gasteiger partial charge < -0.3 is 20.3 Å². The molecule has 110 valence electrons. The van der Waals surface area contributed by atoms with Gasteiger partial charge in [0.1, 0.15) is 6.61 Å². The van der Waals surface area contributed by atoms with E-state index in [1.54, 1.807) is 12.1 Å². The molecule has 1 unspecified atom stereocenters. The minimum Gasteiger partial charge on any atom is -0.490 e. The molecule has 1 atom stereocenters. The zero-order valence-corrected chi connectivity index (χ0v) is 11.7. The number of benzene rings is 1. The predicted molar refractivity (Wildman–Crippen MR) is 75.0 cm³/mol. The molecule has 1 fully saturated rings. The molecule has 1 aromatic rings. The summed E-state index contributed by atoms with van der Waals surface area (Å²) < 4.78 is 11.2. The maximum absolute atomic E-state index is 11.3. The molecule has 0 aromatic heterocycles. The minimum absolute atomic E-state index is 0.00345. The summed E-state index contributed by atoms with van der Waals surface area (Å²) in [5.74, 6) is 0.159. The van der Waals surface area contributed by atoms with Crippen LogP contribution >= 0.6 is 0 Å². The van der Waals surface area contributed by atoms with Gasteiger partial charge in [0, 0.05) is 0 Å². The third kappa shape index (κ3) is 3.22. The van der Waals surface area contributed by atoms with Crippen LogP contribution in [-0.4, -0.2) is 29.8 Å². The van der Waals surface area contributed by atoms with E-state index in [1.807, 2.05) is 19.1 Å². The first kappa shape index (κ1) is 14.7. The van der Waals surface area contributed by atoms with Crippen LogP contribution in [0.4, 0.5) is 0 Å². The van der Waals surface area contributed by atoms with E-state index >= 15 is 0 Å². The SMILES string of the molecule is CCCOc1ccccc1OCC(N)(C(=O)O)C1CC1. The van der Waals surface area contributed by atoms with Crippen molar-refractivity contribution >= 4 is 5.97 Å². The summed E-state index contributed by atoms with van der Waals surface area (Å²) >= 11 is 0. The van der Waals surface area contributed by atoms with Crippen molar-refractivity contribution in [2.24, 2.45) is 11.7 Å². The van der Waals surface area contributed by atoms with Gasteiger partial charge in [-0.3, -0.25) is 4.79 Å². The summed E-state index contributed by atoms with van der Waals surface area (Å²) in [6.45, 7) is 2.57. The van der Waals surface area contributed by atoms with Gasteiger partial charge in [0.25, 0.3) is 0 Å². The summed E-state index contributed by atoms with van der Waals surface area (Å²) in [7, 11) is 0. The molecule has 0 spiro atoms. The Kier molecular flexibility index (Phi) is 4.49. The molecule has 1 saturated carbocycles. The van der Waals surface area contributed by atoms with E-state index in [0.29, 0.717) is 18.1 Å². The zero-order valence-electron chi connectivity index (χ0n) is 11.7. The molecule has 1 aliphatic carbocycles. The Morgan fingerprint density at radius 1 is 1.35 bits per heavy atom. The largest absolute Gasteiger partial charge is 0.490 e. The summed E-state index contributed by atoms with van der Waals surface area (Å²) in [6, 6.07) is 7.25. The molecule has 1 aromatic carbocycles. The van der Waals surface area contributed by atoms with Gasteiger partial charge in [-0.2, -0.15) is 0 Å². The van der Waals surface area contributed by atoms with Crippen LogP contribution in [0.25, 0.3) is 0 Å². The van der Waals surface area contributed by atoms with Gasteiger partial charge in [-0.05, 0) is 37.3 Å². The monoisotopic (exact) mass is 279 g/mol. The number of rotatable bonds is 8. The van der Waals surface area contributed by atoms with Gasteiger partial charge >= 0.3 is 5.97 Å². The summed E-state index contributed by atoms with van der Waals surface area (Å²) in [4.78, 5) is 11.3. The van der Waals surface area contributed by atoms with Crippen LogP contribution in [0.1, 0.15) is 26.2 Å². The standard InChI is InChI=1S/C15H21NO4/c1-2-9-19-12-5-3-4-6-13(12)20-10-15(16,14(17)18)11-7-8-11/h3-6,11H,2,7-10,16H2,1H3,(H,17,18). The Morgan fingerprint density at radius 3 is 2.45 bits per heavy atom. The molecule has 20 heavy (non-hydrogen) atoms. The first-order valence-corrected chi connectivity index (χ1v) is 6.95. The number of carboxylic acid groups (broad SMARTS) is 1. The fourth-order valence-corrected chi connectivity index (χ4v) is 2.05. The Balaban J connectivity index is 2.04. The van der Waals surface area contributed by atoms with Gasteiger partial charge in [-0.25, -0.2) is 0 Å². The summed E-state index contributed by atoms with van der Waals surface area (Å²) in [5.41, 5.74) is 4.67. The highest BCUT2D eigenvalue weighted by Crippen LogP contribution is 2.39. The molecule has 0 amide bonds. The zero-order chi connectivity index (χ0) is 14.6. The third-order valence-corrected chi connectivity index (χ3v) is 3.48. The average molecular weight is 279 g/mol. The van der Waals surface area contributed by atoms with E-state index in [-0.39, 0.29) is 12.5 Å². The lowest BCUT2D eigenvalue weighted by atomic mass is 9.96. The fourth-order valence-electron chi connectivity index (χ4n) is 2.05. The molecule has 0 bridgehead atoms. The molecule has 0 aliphatic heterocycles. The first-order chi connectivity index (χ1) is 9.58. The number of para-hydroxylation sites is 2. The second-order valence-electron chi connectivity index (χ2n) is 5.20.